The fourth-order valence-corrected chi connectivity index (χ4v) is 3.71. The van der Waals surface area contributed by atoms with Gasteiger partial charge in [0.05, 0.1) is 21.4 Å². The molecule has 11 heteroatoms. The number of azo groups is 1. The van der Waals surface area contributed by atoms with Crippen molar-refractivity contribution in [3.05, 3.63) is 69.0 Å². The minimum Gasteiger partial charge on any atom is -0.269 e. The quantitative estimate of drug-likeness (QED) is 0.306. The molecule has 2 aromatic carbocycles. The highest BCUT2D eigenvalue weighted by atomic mass is 35.5. The van der Waals surface area contributed by atoms with E-state index in [-0.39, 0.29) is 11.6 Å². The number of nitrogens with zero attached hydrogens (tertiary/aromatic N) is 6. The van der Waals surface area contributed by atoms with Crippen LogP contribution in [0.2, 0.25) is 5.02 Å². The third kappa shape index (κ3) is 3.82. The van der Waals surface area contributed by atoms with Crippen LogP contribution < -0.4 is 5.01 Å². The van der Waals surface area contributed by atoms with Crippen LogP contribution in [0.3, 0.4) is 0 Å². The van der Waals surface area contributed by atoms with E-state index in [4.69, 9.17) is 11.6 Å². The van der Waals surface area contributed by atoms with E-state index in [1.807, 2.05) is 0 Å². The summed E-state index contributed by atoms with van der Waals surface area (Å²) in [4.78, 5) is 27.7. The summed E-state index contributed by atoms with van der Waals surface area (Å²) in [5, 5.41) is 27.1. The number of nitro groups is 1. The molecule has 0 bridgehead atoms. The Balaban J connectivity index is 1.56. The van der Waals surface area contributed by atoms with Crippen molar-refractivity contribution in [3.8, 4) is 11.3 Å². The highest BCUT2D eigenvalue weighted by Gasteiger charge is 2.36. The molecule has 0 saturated carbocycles. The summed E-state index contributed by atoms with van der Waals surface area (Å²) in [6.45, 7) is 1.68. The Bertz CT molecular complexity index is 1210. The van der Waals surface area contributed by atoms with Gasteiger partial charge < -0.3 is 0 Å². The van der Waals surface area contributed by atoms with E-state index < -0.39 is 11.0 Å². The van der Waals surface area contributed by atoms with E-state index in [0.29, 0.717) is 32.8 Å². The standard InChI is InChI=1S/C19H13ClN6O3S/c1-11-17(23-22-15-8-3-2-7-14(15)20)18(27)25(24-11)19-21-16(10-30-19)12-5-4-6-13(9-12)26(28)29/h2-10,17H,1H3/t17-/m1/s1. The highest BCUT2D eigenvalue weighted by Crippen LogP contribution is 2.32. The molecule has 1 aliphatic heterocycles. The summed E-state index contributed by atoms with van der Waals surface area (Å²) in [5.41, 5.74) is 1.99. The first-order chi connectivity index (χ1) is 14.4. The first-order valence-corrected chi connectivity index (χ1v) is 9.94. The van der Waals surface area contributed by atoms with Crippen molar-refractivity contribution < 1.29 is 9.72 Å². The maximum absolute atomic E-state index is 12.8. The Morgan fingerprint density at radius 3 is 2.80 bits per heavy atom. The minimum absolute atomic E-state index is 0.0341. The molecule has 150 valence electrons. The molecule has 1 aliphatic rings. The first-order valence-electron chi connectivity index (χ1n) is 8.69. The number of nitro benzene ring substituents is 1. The molecule has 0 unspecified atom stereocenters. The van der Waals surface area contributed by atoms with Crippen LogP contribution in [0.4, 0.5) is 16.5 Å². The Morgan fingerprint density at radius 1 is 1.23 bits per heavy atom. The second-order valence-electron chi connectivity index (χ2n) is 6.28. The number of carbonyl (C=O) groups excluding carboxylic acids is 1. The predicted octanol–water partition coefficient (Wildman–Crippen LogP) is 5.25. The highest BCUT2D eigenvalue weighted by molar-refractivity contribution is 7.14. The van der Waals surface area contributed by atoms with E-state index in [9.17, 15) is 14.9 Å². The van der Waals surface area contributed by atoms with Gasteiger partial charge in [-0.3, -0.25) is 14.9 Å². The number of benzene rings is 2. The molecule has 0 aliphatic carbocycles. The maximum atomic E-state index is 12.8. The van der Waals surface area contributed by atoms with E-state index in [1.165, 1.54) is 28.5 Å². The van der Waals surface area contributed by atoms with Crippen molar-refractivity contribution in [2.75, 3.05) is 5.01 Å². The van der Waals surface area contributed by atoms with Crippen molar-refractivity contribution in [3.63, 3.8) is 0 Å². The lowest BCUT2D eigenvalue weighted by Crippen LogP contribution is -2.29. The van der Waals surface area contributed by atoms with Crippen LogP contribution >= 0.6 is 22.9 Å². The minimum atomic E-state index is -0.869. The largest absolute Gasteiger partial charge is 0.282 e. The molecule has 0 spiro atoms. The second-order valence-corrected chi connectivity index (χ2v) is 7.53. The Kier molecular flexibility index (Phi) is 5.34. The van der Waals surface area contributed by atoms with Crippen molar-refractivity contribution in [2.24, 2.45) is 15.3 Å². The molecule has 30 heavy (non-hydrogen) atoms. The number of non-ortho nitro benzene ring substituents is 1. The van der Waals surface area contributed by atoms with E-state index >= 15 is 0 Å². The van der Waals surface area contributed by atoms with Gasteiger partial charge in [0.25, 0.3) is 11.6 Å². The lowest BCUT2D eigenvalue weighted by Gasteiger charge is -2.08. The number of thiazole rings is 1. The van der Waals surface area contributed by atoms with Gasteiger partial charge in [-0.1, -0.05) is 35.9 Å². The lowest BCUT2D eigenvalue weighted by molar-refractivity contribution is -0.384. The van der Waals surface area contributed by atoms with Crippen LogP contribution in [-0.4, -0.2) is 27.6 Å². The van der Waals surface area contributed by atoms with Crippen molar-refractivity contribution in [2.45, 2.75) is 13.0 Å². The van der Waals surface area contributed by atoms with Gasteiger partial charge >= 0.3 is 0 Å². The molecule has 4 rings (SSSR count). The number of hydrogen-bond acceptors (Lipinski definition) is 8. The number of halogens is 1. The van der Waals surface area contributed by atoms with Gasteiger partial charge in [0, 0.05) is 23.1 Å². The van der Waals surface area contributed by atoms with E-state index in [1.54, 1.807) is 48.7 Å². The molecular weight excluding hydrogens is 428 g/mol. The Labute approximate surface area is 179 Å². The average Bonchev–Trinajstić information content (AvgIpc) is 3.33. The van der Waals surface area contributed by atoms with Crippen LogP contribution in [0.5, 0.6) is 0 Å². The van der Waals surface area contributed by atoms with Gasteiger partial charge in [0.15, 0.2) is 6.04 Å². The topological polar surface area (TPSA) is 113 Å². The van der Waals surface area contributed by atoms with Crippen LogP contribution in [0.15, 0.2) is 69.2 Å². The normalized spacial score (nSPS) is 16.3. The number of hydrazone groups is 1. The summed E-state index contributed by atoms with van der Waals surface area (Å²) < 4.78 is 0. The predicted molar refractivity (Wildman–Crippen MR) is 115 cm³/mol. The number of anilines is 1. The molecule has 1 atom stereocenters. The van der Waals surface area contributed by atoms with Crippen LogP contribution in [-0.2, 0) is 4.79 Å². The zero-order valence-electron chi connectivity index (χ0n) is 15.5. The third-order valence-electron chi connectivity index (χ3n) is 4.26. The average molecular weight is 441 g/mol. The van der Waals surface area contributed by atoms with Gasteiger partial charge in [-0.2, -0.15) is 20.3 Å². The molecule has 9 nitrogen and oxygen atoms in total. The summed E-state index contributed by atoms with van der Waals surface area (Å²) in [5.74, 6) is -0.386. The van der Waals surface area contributed by atoms with Crippen LogP contribution in [0, 0.1) is 10.1 Å². The van der Waals surface area contributed by atoms with Gasteiger partial charge in [-0.05, 0) is 19.1 Å². The molecule has 0 fully saturated rings. The molecule has 1 amide bonds. The van der Waals surface area contributed by atoms with Gasteiger partial charge in [0.1, 0.15) is 5.69 Å². The van der Waals surface area contributed by atoms with Crippen LogP contribution in [0.25, 0.3) is 11.3 Å². The maximum Gasteiger partial charge on any atom is 0.282 e. The molecule has 0 N–H and O–H groups in total. The van der Waals surface area contributed by atoms with Gasteiger partial charge in [0.2, 0.25) is 5.13 Å². The number of amides is 1. The number of aromatic nitrogens is 1. The second kappa shape index (κ2) is 8.09. The zero-order chi connectivity index (χ0) is 21.3. The monoisotopic (exact) mass is 440 g/mol. The van der Waals surface area contributed by atoms with Crippen molar-refractivity contribution in [1.82, 2.24) is 4.98 Å². The van der Waals surface area contributed by atoms with Gasteiger partial charge in [-0.15, -0.1) is 11.3 Å². The van der Waals surface area contributed by atoms with Crippen LogP contribution in [0.1, 0.15) is 6.92 Å². The number of rotatable bonds is 5. The molecule has 0 saturated heterocycles. The third-order valence-corrected chi connectivity index (χ3v) is 5.39. The number of carbonyl (C=O) groups is 1. The zero-order valence-corrected chi connectivity index (χ0v) is 17.0. The van der Waals surface area contributed by atoms with E-state index in [2.05, 4.69) is 20.3 Å². The number of hydrogen-bond donors (Lipinski definition) is 0. The molecule has 3 aromatic rings. The fourth-order valence-electron chi connectivity index (χ4n) is 2.75. The lowest BCUT2D eigenvalue weighted by atomic mass is 10.1. The summed E-state index contributed by atoms with van der Waals surface area (Å²) in [7, 11) is 0. The Morgan fingerprint density at radius 2 is 2.03 bits per heavy atom. The molecule has 2 heterocycles. The van der Waals surface area contributed by atoms with Crippen molar-refractivity contribution >= 4 is 51.1 Å². The molecular formula is C19H13ClN6O3S. The summed E-state index contributed by atoms with van der Waals surface area (Å²) in [6, 6.07) is 12.2. The molecule has 1 aromatic heterocycles. The summed E-state index contributed by atoms with van der Waals surface area (Å²) >= 11 is 7.27. The Hall–Kier alpha value is -3.50. The summed E-state index contributed by atoms with van der Waals surface area (Å²) in [6.07, 6.45) is 0. The first kappa shape index (κ1) is 19.8. The van der Waals surface area contributed by atoms with Crippen molar-refractivity contribution in [1.29, 1.82) is 0 Å². The SMILES string of the molecule is CC1=NN(c2nc(-c3cccc([N+](=O)[O-])c3)cs2)C(=O)[C@@H]1N=Nc1ccccc1Cl. The van der Waals surface area contributed by atoms with Gasteiger partial charge in [-0.25, -0.2) is 4.98 Å². The van der Waals surface area contributed by atoms with E-state index in [0.717, 1.165) is 0 Å². The molecule has 0 radical (unpaired) electrons. The smallest absolute Gasteiger partial charge is 0.269 e. The fraction of sp³-hybridized carbons (Fsp3) is 0.105.